The van der Waals surface area contributed by atoms with E-state index in [0.29, 0.717) is 0 Å². The number of phenolic OH excluding ortho intramolecular Hbond substituents is 1. The van der Waals surface area contributed by atoms with E-state index in [-0.39, 0.29) is 17.2 Å². The van der Waals surface area contributed by atoms with Gasteiger partial charge in [0.05, 0.1) is 12.0 Å². The molecule has 1 unspecified atom stereocenters. The van der Waals surface area contributed by atoms with Crippen molar-refractivity contribution in [1.29, 1.82) is 0 Å². The van der Waals surface area contributed by atoms with Crippen LogP contribution in [-0.2, 0) is 0 Å². The third kappa shape index (κ3) is 1.87. The quantitative estimate of drug-likeness (QED) is 0.699. The number of rotatable bonds is 2. The molecule has 1 aromatic rings. The fourth-order valence-corrected chi connectivity index (χ4v) is 1.04. The standard InChI is InChI=1S/C8H8ClFO2/c9-4-8(12)6-2-1-5(11)3-7(6)10/h1-3,8,11-12H,4H2. The van der Waals surface area contributed by atoms with E-state index in [1.165, 1.54) is 12.1 Å². The molecule has 1 rings (SSSR count). The van der Waals surface area contributed by atoms with Gasteiger partial charge in [-0.25, -0.2) is 4.39 Å². The average molecular weight is 191 g/mol. The van der Waals surface area contributed by atoms with E-state index in [1.807, 2.05) is 0 Å². The predicted molar refractivity (Wildman–Crippen MR) is 43.7 cm³/mol. The topological polar surface area (TPSA) is 40.5 Å². The zero-order valence-electron chi connectivity index (χ0n) is 6.17. The van der Waals surface area contributed by atoms with Crippen molar-refractivity contribution in [3.8, 4) is 5.75 Å². The van der Waals surface area contributed by atoms with E-state index in [2.05, 4.69) is 0 Å². The molecule has 12 heavy (non-hydrogen) atoms. The molecule has 0 amide bonds. The number of alkyl halides is 1. The zero-order valence-corrected chi connectivity index (χ0v) is 6.92. The highest BCUT2D eigenvalue weighted by atomic mass is 35.5. The van der Waals surface area contributed by atoms with Crippen LogP contribution in [0.2, 0.25) is 0 Å². The second kappa shape index (κ2) is 3.74. The van der Waals surface area contributed by atoms with Gasteiger partial charge in [0.2, 0.25) is 0 Å². The van der Waals surface area contributed by atoms with Gasteiger partial charge in [-0.1, -0.05) is 0 Å². The average Bonchev–Trinajstić information content (AvgIpc) is 2.03. The van der Waals surface area contributed by atoms with Crippen LogP contribution >= 0.6 is 11.6 Å². The number of halogens is 2. The van der Waals surface area contributed by atoms with Gasteiger partial charge in [-0.3, -0.25) is 0 Å². The minimum Gasteiger partial charge on any atom is -0.508 e. The maximum absolute atomic E-state index is 12.9. The van der Waals surface area contributed by atoms with Gasteiger partial charge in [0.25, 0.3) is 0 Å². The van der Waals surface area contributed by atoms with E-state index < -0.39 is 11.9 Å². The lowest BCUT2D eigenvalue weighted by Gasteiger charge is -2.07. The highest BCUT2D eigenvalue weighted by Crippen LogP contribution is 2.21. The Hall–Kier alpha value is -0.800. The lowest BCUT2D eigenvalue weighted by atomic mass is 10.1. The molecule has 0 spiro atoms. The van der Waals surface area contributed by atoms with Gasteiger partial charge >= 0.3 is 0 Å². The number of hydrogen-bond donors (Lipinski definition) is 2. The summed E-state index contributed by atoms with van der Waals surface area (Å²) in [5.74, 6) is -0.886. The van der Waals surface area contributed by atoms with Crippen LogP contribution in [0.3, 0.4) is 0 Å². The second-order valence-electron chi connectivity index (χ2n) is 2.38. The fraction of sp³-hybridized carbons (Fsp3) is 0.250. The van der Waals surface area contributed by atoms with Crippen LogP contribution < -0.4 is 0 Å². The number of phenols is 1. The summed E-state index contributed by atoms with van der Waals surface area (Å²) in [6.07, 6.45) is -1.02. The lowest BCUT2D eigenvalue weighted by molar-refractivity contribution is 0.197. The van der Waals surface area contributed by atoms with E-state index in [4.69, 9.17) is 21.8 Å². The molecule has 0 saturated carbocycles. The Balaban J connectivity index is 3.01. The third-order valence-electron chi connectivity index (χ3n) is 1.49. The minimum atomic E-state index is -1.02. The molecular formula is C8H8ClFO2. The molecule has 0 heterocycles. The molecule has 0 fully saturated rings. The molecule has 0 aliphatic carbocycles. The van der Waals surface area contributed by atoms with Crippen molar-refractivity contribution >= 4 is 11.6 Å². The van der Waals surface area contributed by atoms with Crippen molar-refractivity contribution in [2.24, 2.45) is 0 Å². The summed E-state index contributed by atoms with van der Waals surface area (Å²) in [4.78, 5) is 0. The highest BCUT2D eigenvalue weighted by molar-refractivity contribution is 6.18. The predicted octanol–water partition coefficient (Wildman–Crippen LogP) is 1.80. The SMILES string of the molecule is Oc1ccc(C(O)CCl)c(F)c1. The normalized spacial score (nSPS) is 12.9. The van der Waals surface area contributed by atoms with Crippen LogP contribution in [0.4, 0.5) is 4.39 Å². The molecule has 0 aromatic heterocycles. The first-order valence-electron chi connectivity index (χ1n) is 3.37. The van der Waals surface area contributed by atoms with Gasteiger partial charge in [-0.2, -0.15) is 0 Å². The monoisotopic (exact) mass is 190 g/mol. The number of aliphatic hydroxyl groups is 1. The summed E-state index contributed by atoms with van der Waals surface area (Å²) in [7, 11) is 0. The molecule has 2 N–H and O–H groups in total. The molecule has 0 bridgehead atoms. The van der Waals surface area contributed by atoms with Crippen LogP contribution in [-0.4, -0.2) is 16.1 Å². The van der Waals surface area contributed by atoms with Crippen LogP contribution in [0.25, 0.3) is 0 Å². The summed E-state index contributed by atoms with van der Waals surface area (Å²) in [6, 6.07) is 3.54. The Bertz CT molecular complexity index is 278. The van der Waals surface area contributed by atoms with E-state index in [9.17, 15) is 4.39 Å². The van der Waals surface area contributed by atoms with Crippen molar-refractivity contribution in [3.63, 3.8) is 0 Å². The molecular weight excluding hydrogens is 183 g/mol. The second-order valence-corrected chi connectivity index (χ2v) is 2.68. The van der Waals surface area contributed by atoms with Gasteiger partial charge < -0.3 is 10.2 Å². The Morgan fingerprint density at radius 2 is 2.17 bits per heavy atom. The molecule has 66 valence electrons. The van der Waals surface area contributed by atoms with Gasteiger partial charge in [0.15, 0.2) is 0 Å². The number of hydrogen-bond acceptors (Lipinski definition) is 2. The zero-order chi connectivity index (χ0) is 9.14. The van der Waals surface area contributed by atoms with Crippen molar-refractivity contribution in [1.82, 2.24) is 0 Å². The van der Waals surface area contributed by atoms with Crippen molar-refractivity contribution in [2.75, 3.05) is 5.88 Å². The fourth-order valence-electron chi connectivity index (χ4n) is 0.869. The highest BCUT2D eigenvalue weighted by Gasteiger charge is 2.11. The van der Waals surface area contributed by atoms with E-state index in [1.54, 1.807) is 0 Å². The number of aromatic hydroxyl groups is 1. The molecule has 1 atom stereocenters. The van der Waals surface area contributed by atoms with Gasteiger partial charge in [-0.15, -0.1) is 11.6 Å². The van der Waals surface area contributed by atoms with Crippen molar-refractivity contribution in [2.45, 2.75) is 6.10 Å². The van der Waals surface area contributed by atoms with Crippen LogP contribution in [0, 0.1) is 5.82 Å². The van der Waals surface area contributed by atoms with Crippen molar-refractivity contribution < 1.29 is 14.6 Å². The first-order valence-corrected chi connectivity index (χ1v) is 3.91. The first kappa shape index (κ1) is 9.29. The van der Waals surface area contributed by atoms with Crippen LogP contribution in [0.5, 0.6) is 5.75 Å². The van der Waals surface area contributed by atoms with Crippen molar-refractivity contribution in [3.05, 3.63) is 29.6 Å². The van der Waals surface area contributed by atoms with Gasteiger partial charge in [0, 0.05) is 11.6 Å². The largest absolute Gasteiger partial charge is 0.508 e. The molecule has 0 aliphatic rings. The Kier molecular flexibility index (Phi) is 2.89. The Morgan fingerprint density at radius 3 is 2.67 bits per heavy atom. The Labute approximate surface area is 74.2 Å². The summed E-state index contributed by atoms with van der Waals surface area (Å²) >= 11 is 5.32. The lowest BCUT2D eigenvalue weighted by Crippen LogP contribution is -2.01. The molecule has 0 radical (unpaired) electrons. The summed E-state index contributed by atoms with van der Waals surface area (Å²) in [6.45, 7) is 0. The third-order valence-corrected chi connectivity index (χ3v) is 1.78. The number of benzene rings is 1. The van der Waals surface area contributed by atoms with Gasteiger partial charge in [-0.05, 0) is 12.1 Å². The molecule has 1 aromatic carbocycles. The van der Waals surface area contributed by atoms with Gasteiger partial charge in [0.1, 0.15) is 11.6 Å². The summed E-state index contributed by atoms with van der Waals surface area (Å²) in [5, 5.41) is 18.0. The molecule has 0 saturated heterocycles. The molecule has 2 nitrogen and oxygen atoms in total. The molecule has 0 aliphatic heterocycles. The van der Waals surface area contributed by atoms with Crippen LogP contribution in [0.15, 0.2) is 18.2 Å². The molecule has 4 heteroatoms. The Morgan fingerprint density at radius 1 is 1.50 bits per heavy atom. The minimum absolute atomic E-state index is 0.0678. The maximum atomic E-state index is 12.9. The first-order chi connectivity index (χ1) is 5.65. The summed E-state index contributed by atoms with van der Waals surface area (Å²) in [5.41, 5.74) is 0.0998. The summed E-state index contributed by atoms with van der Waals surface area (Å²) < 4.78 is 12.9. The number of aliphatic hydroxyl groups excluding tert-OH is 1. The van der Waals surface area contributed by atoms with E-state index in [0.717, 1.165) is 6.07 Å². The smallest absolute Gasteiger partial charge is 0.132 e. The maximum Gasteiger partial charge on any atom is 0.132 e. The van der Waals surface area contributed by atoms with Crippen LogP contribution in [0.1, 0.15) is 11.7 Å². The van der Waals surface area contributed by atoms with E-state index >= 15 is 0 Å².